The predicted molar refractivity (Wildman–Crippen MR) is 74.6 cm³/mol. The van der Waals surface area contributed by atoms with Gasteiger partial charge < -0.3 is 14.5 Å². The molecule has 2 fully saturated rings. The van der Waals surface area contributed by atoms with Gasteiger partial charge in [-0.05, 0) is 19.8 Å². The number of thiazole rings is 1. The fourth-order valence-electron chi connectivity index (χ4n) is 2.58. The molecule has 1 unspecified atom stereocenters. The first-order chi connectivity index (χ1) is 9.24. The number of nitrogens with zero attached hydrogens (tertiary/aromatic N) is 3. The van der Waals surface area contributed by atoms with Gasteiger partial charge in [0.05, 0.1) is 0 Å². The minimum atomic E-state index is -0.186. The van der Waals surface area contributed by atoms with E-state index < -0.39 is 0 Å². The van der Waals surface area contributed by atoms with Crippen molar-refractivity contribution in [2.75, 3.05) is 37.7 Å². The Balaban J connectivity index is 1.55. The predicted octanol–water partition coefficient (Wildman–Crippen LogP) is 1.28. The maximum absolute atomic E-state index is 12.2. The Labute approximate surface area is 117 Å². The number of carbonyl (C=O) groups is 1. The minimum absolute atomic E-state index is 0.174. The lowest BCUT2D eigenvalue weighted by Crippen LogP contribution is -2.51. The van der Waals surface area contributed by atoms with Gasteiger partial charge in [0.25, 0.3) is 5.91 Å². The Morgan fingerprint density at radius 2 is 2.21 bits per heavy atom. The van der Waals surface area contributed by atoms with Crippen molar-refractivity contribution in [3.63, 3.8) is 0 Å². The Kier molecular flexibility index (Phi) is 3.70. The van der Waals surface area contributed by atoms with Gasteiger partial charge in [-0.2, -0.15) is 0 Å². The van der Waals surface area contributed by atoms with Crippen LogP contribution >= 0.6 is 11.3 Å². The Morgan fingerprint density at radius 1 is 1.42 bits per heavy atom. The second-order valence-electron chi connectivity index (χ2n) is 5.07. The Bertz CT molecular complexity index is 448. The fraction of sp³-hybridized carbons (Fsp3) is 0.692. The summed E-state index contributed by atoms with van der Waals surface area (Å²) in [6.07, 6.45) is 3.61. The van der Waals surface area contributed by atoms with E-state index in [0.717, 1.165) is 50.8 Å². The largest absolute Gasteiger partial charge is 0.368 e. The summed E-state index contributed by atoms with van der Waals surface area (Å²) in [6, 6.07) is 0. The van der Waals surface area contributed by atoms with Gasteiger partial charge in [-0.25, -0.2) is 4.98 Å². The van der Waals surface area contributed by atoms with E-state index in [1.807, 2.05) is 11.1 Å². The van der Waals surface area contributed by atoms with Crippen LogP contribution in [0.25, 0.3) is 0 Å². The topological polar surface area (TPSA) is 45.7 Å². The molecule has 2 aliphatic heterocycles. The van der Waals surface area contributed by atoms with Gasteiger partial charge in [-0.3, -0.25) is 4.79 Å². The molecule has 2 aliphatic rings. The third-order valence-electron chi connectivity index (χ3n) is 3.68. The lowest BCUT2D eigenvalue weighted by molar-refractivity contribution is -0.141. The van der Waals surface area contributed by atoms with Crippen LogP contribution in [0, 0.1) is 6.92 Å². The molecule has 0 aliphatic carbocycles. The lowest BCUT2D eigenvalue weighted by Gasteiger charge is -2.35. The molecule has 104 valence electrons. The second-order valence-corrected chi connectivity index (χ2v) is 6.28. The average Bonchev–Trinajstić information content (AvgIpc) is 3.09. The van der Waals surface area contributed by atoms with E-state index in [-0.39, 0.29) is 12.0 Å². The van der Waals surface area contributed by atoms with Gasteiger partial charge in [0.1, 0.15) is 6.10 Å². The van der Waals surface area contributed by atoms with Crippen LogP contribution in [-0.2, 0) is 9.53 Å². The number of hydrogen-bond acceptors (Lipinski definition) is 5. The first-order valence-electron chi connectivity index (χ1n) is 6.82. The van der Waals surface area contributed by atoms with E-state index in [0.29, 0.717) is 0 Å². The summed E-state index contributed by atoms with van der Waals surface area (Å²) in [7, 11) is 0. The van der Waals surface area contributed by atoms with E-state index in [1.54, 1.807) is 11.3 Å². The number of hydrogen-bond donors (Lipinski definition) is 0. The van der Waals surface area contributed by atoms with E-state index in [2.05, 4.69) is 16.8 Å². The van der Waals surface area contributed by atoms with Crippen molar-refractivity contribution in [2.45, 2.75) is 25.9 Å². The third-order valence-corrected chi connectivity index (χ3v) is 4.65. The van der Waals surface area contributed by atoms with Crippen LogP contribution in [0.4, 0.5) is 5.13 Å². The summed E-state index contributed by atoms with van der Waals surface area (Å²) in [5.41, 5.74) is 0. The smallest absolute Gasteiger partial charge is 0.251 e. The summed E-state index contributed by atoms with van der Waals surface area (Å²) < 4.78 is 5.47. The van der Waals surface area contributed by atoms with Crippen molar-refractivity contribution >= 4 is 22.4 Å². The quantitative estimate of drug-likeness (QED) is 0.819. The Morgan fingerprint density at radius 3 is 2.79 bits per heavy atom. The molecule has 0 radical (unpaired) electrons. The minimum Gasteiger partial charge on any atom is -0.368 e. The summed E-state index contributed by atoms with van der Waals surface area (Å²) in [6.45, 7) is 6.08. The highest BCUT2D eigenvalue weighted by Gasteiger charge is 2.30. The molecule has 2 saturated heterocycles. The van der Waals surface area contributed by atoms with Crippen molar-refractivity contribution in [3.8, 4) is 0 Å². The maximum atomic E-state index is 12.2. The van der Waals surface area contributed by atoms with Gasteiger partial charge in [-0.1, -0.05) is 0 Å². The molecule has 0 bridgehead atoms. The van der Waals surface area contributed by atoms with Gasteiger partial charge in [0, 0.05) is 43.9 Å². The van der Waals surface area contributed by atoms with Gasteiger partial charge in [0.2, 0.25) is 0 Å². The maximum Gasteiger partial charge on any atom is 0.251 e. The number of amides is 1. The van der Waals surface area contributed by atoms with Gasteiger partial charge >= 0.3 is 0 Å². The molecule has 0 aromatic carbocycles. The zero-order valence-corrected chi connectivity index (χ0v) is 12.0. The molecule has 3 heterocycles. The number of ether oxygens (including phenoxy) is 1. The molecule has 6 heteroatoms. The number of aromatic nitrogens is 1. The van der Waals surface area contributed by atoms with Crippen LogP contribution < -0.4 is 4.90 Å². The van der Waals surface area contributed by atoms with E-state index in [9.17, 15) is 4.79 Å². The Hall–Kier alpha value is -1.14. The molecule has 19 heavy (non-hydrogen) atoms. The normalized spacial score (nSPS) is 23.9. The van der Waals surface area contributed by atoms with Gasteiger partial charge in [0.15, 0.2) is 5.13 Å². The lowest BCUT2D eigenvalue weighted by atomic mass is 10.2. The first-order valence-corrected chi connectivity index (χ1v) is 7.63. The van der Waals surface area contributed by atoms with E-state index >= 15 is 0 Å². The highest BCUT2D eigenvalue weighted by Crippen LogP contribution is 2.23. The van der Waals surface area contributed by atoms with E-state index in [4.69, 9.17) is 4.74 Å². The molecule has 1 amide bonds. The zero-order chi connectivity index (χ0) is 13.2. The molecular formula is C13H19N3O2S. The van der Waals surface area contributed by atoms with Crippen molar-refractivity contribution in [1.29, 1.82) is 0 Å². The van der Waals surface area contributed by atoms with Crippen molar-refractivity contribution in [3.05, 3.63) is 11.1 Å². The van der Waals surface area contributed by atoms with Crippen LogP contribution in [0.15, 0.2) is 6.20 Å². The highest BCUT2D eigenvalue weighted by molar-refractivity contribution is 7.15. The summed E-state index contributed by atoms with van der Waals surface area (Å²) in [4.78, 5) is 22.0. The monoisotopic (exact) mass is 281 g/mol. The van der Waals surface area contributed by atoms with Crippen molar-refractivity contribution in [2.24, 2.45) is 0 Å². The number of piperazine rings is 1. The van der Waals surface area contributed by atoms with Crippen LogP contribution in [0.5, 0.6) is 0 Å². The summed E-state index contributed by atoms with van der Waals surface area (Å²) in [5, 5.41) is 1.07. The standard InChI is InChI=1S/C13H19N3O2S/c1-10-9-14-13(19-10)16-6-4-15(5-7-16)12(17)11-3-2-8-18-11/h9,11H,2-8H2,1H3. The SMILES string of the molecule is Cc1cnc(N2CCN(C(=O)C3CCCO3)CC2)s1. The number of anilines is 1. The molecular weight excluding hydrogens is 262 g/mol. The molecule has 0 N–H and O–H groups in total. The van der Waals surface area contributed by atoms with Crippen LogP contribution in [-0.4, -0.2) is 54.7 Å². The zero-order valence-electron chi connectivity index (χ0n) is 11.2. The molecule has 1 atom stereocenters. The highest BCUT2D eigenvalue weighted by atomic mass is 32.1. The van der Waals surface area contributed by atoms with Crippen LogP contribution in [0.3, 0.4) is 0 Å². The summed E-state index contributed by atoms with van der Waals surface area (Å²) >= 11 is 1.72. The number of aryl methyl sites for hydroxylation is 1. The molecule has 1 aromatic heterocycles. The van der Waals surface area contributed by atoms with Crippen molar-refractivity contribution in [1.82, 2.24) is 9.88 Å². The van der Waals surface area contributed by atoms with Gasteiger partial charge in [-0.15, -0.1) is 11.3 Å². The molecule has 3 rings (SSSR count). The summed E-state index contributed by atoms with van der Waals surface area (Å²) in [5.74, 6) is 0.174. The van der Waals surface area contributed by atoms with Crippen LogP contribution in [0.2, 0.25) is 0 Å². The molecule has 5 nitrogen and oxygen atoms in total. The second kappa shape index (κ2) is 5.46. The first kappa shape index (κ1) is 12.9. The van der Waals surface area contributed by atoms with Crippen molar-refractivity contribution < 1.29 is 9.53 Å². The molecule has 0 saturated carbocycles. The molecule has 0 spiro atoms. The average molecular weight is 281 g/mol. The third kappa shape index (κ3) is 2.74. The number of rotatable bonds is 2. The van der Waals surface area contributed by atoms with Crippen LogP contribution in [0.1, 0.15) is 17.7 Å². The fourth-order valence-corrected chi connectivity index (χ4v) is 3.39. The molecule has 1 aromatic rings. The van der Waals surface area contributed by atoms with E-state index in [1.165, 1.54) is 4.88 Å². The number of carbonyl (C=O) groups excluding carboxylic acids is 1.